The smallest absolute Gasteiger partial charge is 0.253 e. The third-order valence-corrected chi connectivity index (χ3v) is 6.28. The van der Waals surface area contributed by atoms with Crippen molar-refractivity contribution in [3.63, 3.8) is 0 Å². The third-order valence-electron chi connectivity index (χ3n) is 6.28. The van der Waals surface area contributed by atoms with Gasteiger partial charge in [0.25, 0.3) is 5.56 Å². The Morgan fingerprint density at radius 3 is 2.64 bits per heavy atom. The monoisotopic (exact) mass is 381 g/mol. The molecule has 1 fully saturated rings. The molecule has 0 bridgehead atoms. The molecule has 6 nitrogen and oxygen atoms in total. The van der Waals surface area contributed by atoms with E-state index in [4.69, 9.17) is 4.74 Å². The van der Waals surface area contributed by atoms with E-state index in [-0.39, 0.29) is 11.5 Å². The van der Waals surface area contributed by atoms with Crippen LogP contribution < -0.4 is 15.2 Å². The Kier molecular flexibility index (Phi) is 4.65. The number of nitrogens with zero attached hydrogens (tertiary/aromatic N) is 3. The minimum absolute atomic E-state index is 0.0403. The van der Waals surface area contributed by atoms with Gasteiger partial charge in [-0.25, -0.2) is 0 Å². The molecule has 2 aliphatic heterocycles. The molecule has 0 saturated carbocycles. The lowest BCUT2D eigenvalue weighted by atomic mass is 9.95. The van der Waals surface area contributed by atoms with Crippen LogP contribution >= 0.6 is 0 Å². The number of aromatic nitrogens is 1. The van der Waals surface area contributed by atoms with Crippen LogP contribution in [0.3, 0.4) is 0 Å². The van der Waals surface area contributed by atoms with Gasteiger partial charge in [0.15, 0.2) is 0 Å². The van der Waals surface area contributed by atoms with Crippen LogP contribution in [0.5, 0.6) is 5.75 Å². The van der Waals surface area contributed by atoms with Gasteiger partial charge in [-0.3, -0.25) is 9.59 Å². The standard InChI is InChI=1S/C22H27N3O3/c1-14-15(2)22(27)23(3)20-13-25(12-19(14)20)21(26)8-16-10-24(11-16)17-6-5-7-18(9-17)28-4/h5-7,9,16H,8,10-13H2,1-4H3. The van der Waals surface area contributed by atoms with E-state index in [0.29, 0.717) is 25.4 Å². The van der Waals surface area contributed by atoms with E-state index in [0.717, 1.165) is 46.9 Å². The molecule has 1 saturated heterocycles. The fourth-order valence-electron chi connectivity index (χ4n) is 4.29. The zero-order valence-corrected chi connectivity index (χ0v) is 17.0. The van der Waals surface area contributed by atoms with Crippen LogP contribution in [0.4, 0.5) is 5.69 Å². The number of fused-ring (bicyclic) bond motifs is 1. The average molecular weight is 381 g/mol. The molecule has 1 amide bonds. The molecule has 0 aliphatic carbocycles. The predicted octanol–water partition coefficient (Wildman–Crippen LogP) is 2.38. The fraction of sp³-hybridized carbons (Fsp3) is 0.455. The largest absolute Gasteiger partial charge is 0.497 e. The molecule has 4 rings (SSSR count). The molecule has 1 aromatic heterocycles. The molecule has 2 aromatic rings. The maximum absolute atomic E-state index is 12.9. The summed E-state index contributed by atoms with van der Waals surface area (Å²) in [6.45, 7) is 6.77. The van der Waals surface area contributed by atoms with Crippen molar-refractivity contribution in [3.05, 3.63) is 57.0 Å². The Hall–Kier alpha value is -2.76. The van der Waals surface area contributed by atoms with Crippen molar-refractivity contribution in [2.45, 2.75) is 33.4 Å². The van der Waals surface area contributed by atoms with Gasteiger partial charge in [-0.2, -0.15) is 0 Å². The summed E-state index contributed by atoms with van der Waals surface area (Å²) in [5, 5.41) is 0. The molecule has 6 heteroatoms. The predicted molar refractivity (Wildman–Crippen MR) is 109 cm³/mol. The summed E-state index contributed by atoms with van der Waals surface area (Å²) in [6, 6.07) is 8.03. The van der Waals surface area contributed by atoms with E-state index in [1.54, 1.807) is 18.7 Å². The highest BCUT2D eigenvalue weighted by Gasteiger charge is 2.33. The van der Waals surface area contributed by atoms with Crippen LogP contribution in [0, 0.1) is 19.8 Å². The Bertz CT molecular complexity index is 989. The minimum Gasteiger partial charge on any atom is -0.497 e. The number of pyridine rings is 1. The van der Waals surface area contributed by atoms with Crippen molar-refractivity contribution >= 4 is 11.6 Å². The average Bonchev–Trinajstić information content (AvgIpc) is 3.13. The lowest BCUT2D eigenvalue weighted by Crippen LogP contribution is -2.48. The number of rotatable bonds is 4. The Balaban J connectivity index is 1.38. The maximum atomic E-state index is 12.9. The van der Waals surface area contributed by atoms with Crippen molar-refractivity contribution < 1.29 is 9.53 Å². The lowest BCUT2D eigenvalue weighted by Gasteiger charge is -2.41. The molecule has 0 radical (unpaired) electrons. The zero-order valence-electron chi connectivity index (χ0n) is 17.0. The number of carbonyl (C=O) groups is 1. The van der Waals surface area contributed by atoms with Crippen LogP contribution in [-0.4, -0.2) is 35.6 Å². The van der Waals surface area contributed by atoms with Crippen LogP contribution in [-0.2, 0) is 24.9 Å². The van der Waals surface area contributed by atoms with Gasteiger partial charge < -0.3 is 19.1 Å². The number of methoxy groups -OCH3 is 1. The van der Waals surface area contributed by atoms with Gasteiger partial charge in [-0.1, -0.05) is 6.07 Å². The second-order valence-electron chi connectivity index (χ2n) is 7.97. The number of ether oxygens (including phenoxy) is 1. The number of hydrogen-bond acceptors (Lipinski definition) is 4. The van der Waals surface area contributed by atoms with Gasteiger partial charge in [-0.15, -0.1) is 0 Å². The van der Waals surface area contributed by atoms with Gasteiger partial charge >= 0.3 is 0 Å². The summed E-state index contributed by atoms with van der Waals surface area (Å²) in [5.74, 6) is 1.40. The molecule has 148 valence electrons. The molecule has 1 aromatic carbocycles. The van der Waals surface area contributed by atoms with Gasteiger partial charge in [-0.05, 0) is 37.1 Å². The molecule has 0 atom stereocenters. The SMILES string of the molecule is COc1cccc(N2CC(CC(=O)N3Cc4c(C)c(C)c(=O)n(C)c4C3)C2)c1. The first kappa shape index (κ1) is 18.6. The van der Waals surface area contributed by atoms with E-state index in [1.165, 1.54) is 0 Å². The number of amides is 1. The second kappa shape index (κ2) is 7.00. The molecular formula is C22H27N3O3. The minimum atomic E-state index is 0.0403. The van der Waals surface area contributed by atoms with Gasteiger partial charge in [0, 0.05) is 62.0 Å². The molecule has 0 N–H and O–H groups in total. The maximum Gasteiger partial charge on any atom is 0.253 e. The van der Waals surface area contributed by atoms with E-state index in [2.05, 4.69) is 11.0 Å². The zero-order chi connectivity index (χ0) is 20.0. The van der Waals surface area contributed by atoms with Crippen molar-refractivity contribution in [2.24, 2.45) is 13.0 Å². The highest BCUT2D eigenvalue weighted by atomic mass is 16.5. The van der Waals surface area contributed by atoms with Gasteiger partial charge in [0.1, 0.15) is 5.75 Å². The van der Waals surface area contributed by atoms with Crippen molar-refractivity contribution in [3.8, 4) is 5.75 Å². The Morgan fingerprint density at radius 1 is 1.18 bits per heavy atom. The Labute approximate surface area is 165 Å². The van der Waals surface area contributed by atoms with E-state index >= 15 is 0 Å². The number of hydrogen-bond donors (Lipinski definition) is 0. The highest BCUT2D eigenvalue weighted by Crippen LogP contribution is 2.31. The van der Waals surface area contributed by atoms with Gasteiger partial charge in [0.2, 0.25) is 5.91 Å². The summed E-state index contributed by atoms with van der Waals surface area (Å²) in [4.78, 5) is 29.3. The Morgan fingerprint density at radius 2 is 1.93 bits per heavy atom. The summed E-state index contributed by atoms with van der Waals surface area (Å²) in [6.07, 6.45) is 0.556. The topological polar surface area (TPSA) is 54.8 Å². The summed E-state index contributed by atoms with van der Waals surface area (Å²) in [5.41, 5.74) is 5.11. The quantitative estimate of drug-likeness (QED) is 0.816. The van der Waals surface area contributed by atoms with Crippen LogP contribution in [0.1, 0.15) is 28.8 Å². The summed E-state index contributed by atoms with van der Waals surface area (Å²) < 4.78 is 6.99. The first-order chi connectivity index (χ1) is 13.4. The molecule has 2 aliphatic rings. The van der Waals surface area contributed by atoms with Crippen molar-refractivity contribution in [1.82, 2.24) is 9.47 Å². The van der Waals surface area contributed by atoms with Crippen molar-refractivity contribution in [2.75, 3.05) is 25.1 Å². The molecule has 28 heavy (non-hydrogen) atoms. The molecule has 0 spiro atoms. The lowest BCUT2D eigenvalue weighted by molar-refractivity contribution is -0.133. The molecular weight excluding hydrogens is 354 g/mol. The summed E-state index contributed by atoms with van der Waals surface area (Å²) >= 11 is 0. The number of anilines is 1. The first-order valence-corrected chi connectivity index (χ1v) is 9.73. The van der Waals surface area contributed by atoms with Crippen LogP contribution in [0.15, 0.2) is 29.1 Å². The normalized spacial score (nSPS) is 16.1. The number of benzene rings is 1. The second-order valence-corrected chi connectivity index (χ2v) is 7.97. The van der Waals surface area contributed by atoms with Gasteiger partial charge in [0.05, 0.1) is 13.7 Å². The van der Waals surface area contributed by atoms with Crippen LogP contribution in [0.2, 0.25) is 0 Å². The molecule has 0 unspecified atom stereocenters. The first-order valence-electron chi connectivity index (χ1n) is 9.73. The fourth-order valence-corrected chi connectivity index (χ4v) is 4.29. The van der Waals surface area contributed by atoms with Crippen molar-refractivity contribution in [1.29, 1.82) is 0 Å². The molecule has 3 heterocycles. The number of carbonyl (C=O) groups excluding carboxylic acids is 1. The third kappa shape index (κ3) is 3.07. The van der Waals surface area contributed by atoms with Crippen LogP contribution in [0.25, 0.3) is 0 Å². The van der Waals surface area contributed by atoms with E-state index in [9.17, 15) is 9.59 Å². The van der Waals surface area contributed by atoms with E-state index < -0.39 is 0 Å². The summed E-state index contributed by atoms with van der Waals surface area (Å²) in [7, 11) is 3.48. The van der Waals surface area contributed by atoms with E-state index in [1.807, 2.05) is 36.9 Å². The highest BCUT2D eigenvalue weighted by molar-refractivity contribution is 5.77.